The van der Waals surface area contributed by atoms with Gasteiger partial charge in [-0.25, -0.2) is 8.42 Å². The van der Waals surface area contributed by atoms with Crippen molar-refractivity contribution in [2.24, 2.45) is 5.73 Å². The predicted octanol–water partition coefficient (Wildman–Crippen LogP) is -1.02. The van der Waals surface area contributed by atoms with Crippen molar-refractivity contribution in [2.75, 3.05) is 39.3 Å². The molecule has 0 amide bonds. The molecule has 1 aromatic rings. The van der Waals surface area contributed by atoms with Crippen molar-refractivity contribution in [1.29, 1.82) is 0 Å². The first-order valence-electron chi connectivity index (χ1n) is 5.98. The number of nitrogens with one attached hydrogen (secondary N) is 1. The summed E-state index contributed by atoms with van der Waals surface area (Å²) in [5.41, 5.74) is 6.07. The van der Waals surface area contributed by atoms with E-state index in [1.54, 1.807) is 6.92 Å². The maximum absolute atomic E-state index is 12.4. The van der Waals surface area contributed by atoms with E-state index in [-0.39, 0.29) is 4.90 Å². The number of sulfonamides is 1. The van der Waals surface area contributed by atoms with Crippen LogP contribution in [0.25, 0.3) is 0 Å². The predicted molar refractivity (Wildman–Crippen MR) is 67.6 cm³/mol. The molecule has 1 aromatic heterocycles. The Balaban J connectivity index is 2.08. The fourth-order valence-electron chi connectivity index (χ4n) is 2.11. The normalized spacial score (nSPS) is 19.2. The zero-order valence-corrected chi connectivity index (χ0v) is 11.3. The number of rotatable bonds is 4. The Morgan fingerprint density at radius 3 is 2.56 bits per heavy atom. The summed E-state index contributed by atoms with van der Waals surface area (Å²) in [5, 5.41) is 6.43. The minimum Gasteiger partial charge on any atom is -0.329 e. The van der Waals surface area contributed by atoms with Crippen molar-refractivity contribution in [3.05, 3.63) is 11.9 Å². The number of aromatic nitrogens is 2. The van der Waals surface area contributed by atoms with Crippen LogP contribution in [0.4, 0.5) is 0 Å². The molecule has 0 aliphatic carbocycles. The van der Waals surface area contributed by atoms with Gasteiger partial charge in [-0.2, -0.15) is 9.40 Å². The van der Waals surface area contributed by atoms with Gasteiger partial charge < -0.3 is 5.73 Å². The molecule has 0 spiro atoms. The molecule has 3 N–H and O–H groups in total. The summed E-state index contributed by atoms with van der Waals surface area (Å²) in [7, 11) is -3.41. The highest BCUT2D eigenvalue weighted by atomic mass is 32.2. The van der Waals surface area contributed by atoms with E-state index in [9.17, 15) is 8.42 Å². The average molecular weight is 273 g/mol. The molecule has 0 bridgehead atoms. The van der Waals surface area contributed by atoms with Gasteiger partial charge >= 0.3 is 0 Å². The molecule has 7 nitrogen and oxygen atoms in total. The first-order chi connectivity index (χ1) is 8.55. The molecule has 8 heteroatoms. The van der Waals surface area contributed by atoms with Crippen molar-refractivity contribution in [3.8, 4) is 0 Å². The van der Waals surface area contributed by atoms with Gasteiger partial charge in [0.1, 0.15) is 4.90 Å². The molecule has 0 radical (unpaired) electrons. The third-order valence-electron chi connectivity index (χ3n) is 3.18. The first-order valence-corrected chi connectivity index (χ1v) is 7.42. The van der Waals surface area contributed by atoms with Crippen LogP contribution in [0, 0.1) is 6.92 Å². The Labute approximate surface area is 107 Å². The van der Waals surface area contributed by atoms with Gasteiger partial charge in [0.25, 0.3) is 0 Å². The lowest BCUT2D eigenvalue weighted by atomic mass is 10.3. The van der Waals surface area contributed by atoms with E-state index < -0.39 is 10.0 Å². The molecule has 0 atom stereocenters. The molecule has 1 aliphatic heterocycles. The second kappa shape index (κ2) is 5.35. The quantitative estimate of drug-likeness (QED) is 0.732. The van der Waals surface area contributed by atoms with Crippen molar-refractivity contribution in [1.82, 2.24) is 19.4 Å². The van der Waals surface area contributed by atoms with Gasteiger partial charge in [0, 0.05) is 39.3 Å². The summed E-state index contributed by atoms with van der Waals surface area (Å²) in [4.78, 5) is 2.45. The molecule has 0 unspecified atom stereocenters. The number of nitrogens with zero attached hydrogens (tertiary/aromatic N) is 3. The van der Waals surface area contributed by atoms with Crippen LogP contribution in [-0.4, -0.2) is 67.1 Å². The third-order valence-corrected chi connectivity index (χ3v) is 5.19. The van der Waals surface area contributed by atoms with Gasteiger partial charge in [0.2, 0.25) is 10.0 Å². The van der Waals surface area contributed by atoms with Crippen LogP contribution in [0.5, 0.6) is 0 Å². The fourth-order valence-corrected chi connectivity index (χ4v) is 3.66. The van der Waals surface area contributed by atoms with Gasteiger partial charge in [-0.1, -0.05) is 0 Å². The van der Waals surface area contributed by atoms with E-state index in [1.165, 1.54) is 10.5 Å². The molecular formula is C10H19N5O2S. The van der Waals surface area contributed by atoms with Gasteiger partial charge in [-0.15, -0.1) is 0 Å². The molecule has 102 valence electrons. The third kappa shape index (κ3) is 2.56. The largest absolute Gasteiger partial charge is 0.329 e. The highest BCUT2D eigenvalue weighted by molar-refractivity contribution is 7.89. The lowest BCUT2D eigenvalue weighted by molar-refractivity contribution is 0.192. The lowest BCUT2D eigenvalue weighted by Gasteiger charge is -2.33. The van der Waals surface area contributed by atoms with Gasteiger partial charge in [0.05, 0.1) is 11.9 Å². The van der Waals surface area contributed by atoms with Crippen LogP contribution in [-0.2, 0) is 10.0 Å². The van der Waals surface area contributed by atoms with Crippen LogP contribution in [0.2, 0.25) is 0 Å². The van der Waals surface area contributed by atoms with E-state index >= 15 is 0 Å². The van der Waals surface area contributed by atoms with Crippen LogP contribution in [0.1, 0.15) is 5.69 Å². The zero-order valence-electron chi connectivity index (χ0n) is 10.5. The minimum absolute atomic E-state index is 0.273. The number of piperazine rings is 1. The molecule has 2 heterocycles. The topological polar surface area (TPSA) is 95.3 Å². The second-order valence-corrected chi connectivity index (χ2v) is 6.30. The molecule has 2 rings (SSSR count). The summed E-state index contributed by atoms with van der Waals surface area (Å²) < 4.78 is 26.2. The van der Waals surface area contributed by atoms with Crippen molar-refractivity contribution in [3.63, 3.8) is 0 Å². The molecule has 0 aromatic carbocycles. The van der Waals surface area contributed by atoms with Crippen LogP contribution >= 0.6 is 0 Å². The van der Waals surface area contributed by atoms with E-state index in [0.717, 1.165) is 19.6 Å². The van der Waals surface area contributed by atoms with Crippen LogP contribution < -0.4 is 5.73 Å². The highest BCUT2D eigenvalue weighted by Crippen LogP contribution is 2.18. The maximum Gasteiger partial charge on any atom is 0.246 e. The number of hydrogen-bond donors (Lipinski definition) is 2. The lowest BCUT2D eigenvalue weighted by Crippen LogP contribution is -2.49. The van der Waals surface area contributed by atoms with E-state index in [0.29, 0.717) is 25.3 Å². The van der Waals surface area contributed by atoms with Crippen molar-refractivity contribution < 1.29 is 8.42 Å². The zero-order chi connectivity index (χ0) is 13.2. The Hall–Kier alpha value is -0.960. The summed E-state index contributed by atoms with van der Waals surface area (Å²) in [6, 6.07) is 0. The summed E-state index contributed by atoms with van der Waals surface area (Å²) in [6.45, 7) is 5.61. The number of aromatic amines is 1. The molecule has 1 aliphatic rings. The summed E-state index contributed by atoms with van der Waals surface area (Å²) in [6.07, 6.45) is 1.37. The summed E-state index contributed by atoms with van der Waals surface area (Å²) in [5.74, 6) is 0. The van der Waals surface area contributed by atoms with Crippen molar-refractivity contribution in [2.45, 2.75) is 11.8 Å². The standard InChI is InChI=1S/C10H19N5O2S/c1-9-10(8-12-13-9)18(16,17)15-6-4-14(3-2-11)5-7-15/h8H,2-7,11H2,1H3,(H,12,13). The second-order valence-electron chi connectivity index (χ2n) is 4.39. The molecule has 18 heavy (non-hydrogen) atoms. The van der Waals surface area contributed by atoms with E-state index in [1.807, 2.05) is 0 Å². The van der Waals surface area contributed by atoms with Gasteiger partial charge in [-0.05, 0) is 6.92 Å². The SMILES string of the molecule is Cc1[nH]ncc1S(=O)(=O)N1CCN(CCN)CC1. The maximum atomic E-state index is 12.4. The summed E-state index contributed by atoms with van der Waals surface area (Å²) >= 11 is 0. The van der Waals surface area contributed by atoms with Gasteiger partial charge in [0.15, 0.2) is 0 Å². The van der Waals surface area contributed by atoms with Crippen LogP contribution in [0.15, 0.2) is 11.1 Å². The number of nitrogens with two attached hydrogens (primary N) is 1. The van der Waals surface area contributed by atoms with Crippen LogP contribution in [0.3, 0.4) is 0 Å². The number of hydrogen-bond acceptors (Lipinski definition) is 5. The Kier molecular flexibility index (Phi) is 4.00. The highest BCUT2D eigenvalue weighted by Gasteiger charge is 2.30. The monoisotopic (exact) mass is 273 g/mol. The molecule has 1 saturated heterocycles. The molecule has 1 fully saturated rings. The average Bonchev–Trinajstić information content (AvgIpc) is 2.77. The Bertz CT molecular complexity index is 490. The van der Waals surface area contributed by atoms with Crippen molar-refractivity contribution >= 4 is 10.0 Å². The Morgan fingerprint density at radius 2 is 2.06 bits per heavy atom. The number of aryl methyl sites for hydroxylation is 1. The minimum atomic E-state index is -3.41. The molecule has 0 saturated carbocycles. The Morgan fingerprint density at radius 1 is 1.39 bits per heavy atom. The first kappa shape index (κ1) is 13.5. The number of H-pyrrole nitrogens is 1. The smallest absolute Gasteiger partial charge is 0.246 e. The fraction of sp³-hybridized carbons (Fsp3) is 0.700. The van der Waals surface area contributed by atoms with E-state index in [4.69, 9.17) is 5.73 Å². The molecular weight excluding hydrogens is 254 g/mol. The van der Waals surface area contributed by atoms with Gasteiger partial charge in [-0.3, -0.25) is 10.00 Å². The van der Waals surface area contributed by atoms with E-state index in [2.05, 4.69) is 15.1 Å².